The fourth-order valence-electron chi connectivity index (χ4n) is 2.11. The average molecular weight is 288 g/mol. The van der Waals surface area contributed by atoms with Gasteiger partial charge in [-0.25, -0.2) is 0 Å². The first-order valence-electron chi connectivity index (χ1n) is 6.69. The molecule has 0 radical (unpaired) electrons. The smallest absolute Gasteiger partial charge is 0.258 e. The van der Waals surface area contributed by atoms with Crippen molar-refractivity contribution in [3.63, 3.8) is 0 Å². The highest BCUT2D eigenvalue weighted by atomic mass is 35.5. The second kappa shape index (κ2) is 6.58. The van der Waals surface area contributed by atoms with E-state index in [1.165, 1.54) is 5.56 Å². The van der Waals surface area contributed by atoms with Crippen LogP contribution in [0.5, 0.6) is 0 Å². The number of carbonyl (C=O) groups is 1. The number of halogens is 1. The van der Waals surface area contributed by atoms with Gasteiger partial charge in [-0.1, -0.05) is 29.8 Å². The summed E-state index contributed by atoms with van der Waals surface area (Å²) in [5.74, 6) is 0.418. The molecule has 0 saturated carbocycles. The van der Waals surface area contributed by atoms with Crippen molar-refractivity contribution in [2.24, 2.45) is 0 Å². The topological polar surface area (TPSA) is 20.3 Å². The number of rotatable bonds is 4. The lowest BCUT2D eigenvalue weighted by atomic mass is 10.1. The molecule has 0 aliphatic rings. The molecule has 104 valence electrons. The van der Waals surface area contributed by atoms with E-state index in [2.05, 4.69) is 0 Å². The lowest BCUT2D eigenvalue weighted by Crippen LogP contribution is -2.30. The Bertz CT molecular complexity index is 592. The summed E-state index contributed by atoms with van der Waals surface area (Å²) in [7, 11) is 0. The van der Waals surface area contributed by atoms with Crippen molar-refractivity contribution in [1.29, 1.82) is 0 Å². The molecular formula is C17H18ClNO. The Kier molecular flexibility index (Phi) is 4.80. The van der Waals surface area contributed by atoms with Crippen LogP contribution >= 0.6 is 11.6 Å². The van der Waals surface area contributed by atoms with Crippen LogP contribution in [0, 0.1) is 6.92 Å². The molecule has 2 aromatic carbocycles. The molecule has 0 bridgehead atoms. The molecule has 0 N–H and O–H groups in total. The second-order valence-corrected chi connectivity index (χ2v) is 4.99. The van der Waals surface area contributed by atoms with Crippen molar-refractivity contribution in [2.75, 3.05) is 11.4 Å². The number of nitrogens with zero attached hydrogens (tertiary/aromatic N) is 1. The molecule has 2 rings (SSSR count). The monoisotopic (exact) mass is 287 g/mol. The SMILES string of the molecule is CCN(C(=O)c1cccc(CCl)c1)c1ccc(C)cc1. The average Bonchev–Trinajstić information content (AvgIpc) is 2.50. The molecule has 1 amide bonds. The molecule has 3 heteroatoms. The highest BCUT2D eigenvalue weighted by Gasteiger charge is 2.16. The van der Waals surface area contributed by atoms with Gasteiger partial charge in [0.2, 0.25) is 0 Å². The summed E-state index contributed by atoms with van der Waals surface area (Å²) < 4.78 is 0. The largest absolute Gasteiger partial charge is 0.309 e. The number of anilines is 1. The number of hydrogen-bond acceptors (Lipinski definition) is 1. The molecule has 0 aromatic heterocycles. The Morgan fingerprint density at radius 3 is 2.45 bits per heavy atom. The van der Waals surface area contributed by atoms with Gasteiger partial charge in [-0.15, -0.1) is 11.6 Å². The van der Waals surface area contributed by atoms with E-state index in [1.807, 2.05) is 62.4 Å². The first-order chi connectivity index (χ1) is 9.65. The maximum Gasteiger partial charge on any atom is 0.258 e. The van der Waals surface area contributed by atoms with Crippen molar-refractivity contribution < 1.29 is 4.79 Å². The lowest BCUT2D eigenvalue weighted by Gasteiger charge is -2.21. The molecule has 0 aliphatic carbocycles. The number of benzene rings is 2. The number of carbonyl (C=O) groups excluding carboxylic acids is 1. The predicted molar refractivity (Wildman–Crippen MR) is 84.5 cm³/mol. The molecule has 20 heavy (non-hydrogen) atoms. The van der Waals surface area contributed by atoms with E-state index in [0.717, 1.165) is 11.3 Å². The van der Waals surface area contributed by atoms with Gasteiger partial charge in [0.25, 0.3) is 5.91 Å². The Morgan fingerprint density at radius 2 is 1.85 bits per heavy atom. The van der Waals surface area contributed by atoms with Gasteiger partial charge >= 0.3 is 0 Å². The van der Waals surface area contributed by atoms with E-state index in [-0.39, 0.29) is 5.91 Å². The lowest BCUT2D eigenvalue weighted by molar-refractivity contribution is 0.0988. The molecule has 0 aliphatic heterocycles. The maximum atomic E-state index is 12.6. The number of alkyl halides is 1. The predicted octanol–water partition coefficient (Wildman–Crippen LogP) is 4.40. The summed E-state index contributed by atoms with van der Waals surface area (Å²) in [6.07, 6.45) is 0. The summed E-state index contributed by atoms with van der Waals surface area (Å²) >= 11 is 5.83. The quantitative estimate of drug-likeness (QED) is 0.763. The summed E-state index contributed by atoms with van der Waals surface area (Å²) in [6, 6.07) is 15.5. The van der Waals surface area contributed by atoms with Gasteiger partial charge in [-0.05, 0) is 43.7 Å². The van der Waals surface area contributed by atoms with Gasteiger partial charge in [-0.3, -0.25) is 4.79 Å². The summed E-state index contributed by atoms with van der Waals surface area (Å²) in [6.45, 7) is 4.64. The van der Waals surface area contributed by atoms with Crippen molar-refractivity contribution in [1.82, 2.24) is 0 Å². The zero-order valence-electron chi connectivity index (χ0n) is 11.8. The van der Waals surface area contributed by atoms with Crippen molar-refractivity contribution in [2.45, 2.75) is 19.7 Å². The molecule has 0 fully saturated rings. The number of aryl methyl sites for hydroxylation is 1. The van der Waals surface area contributed by atoms with Crippen LogP contribution in [0.4, 0.5) is 5.69 Å². The molecule has 0 spiro atoms. The van der Waals surface area contributed by atoms with Crippen LogP contribution < -0.4 is 4.90 Å². The minimum atomic E-state index is 0.00307. The van der Waals surface area contributed by atoms with Crippen LogP contribution in [0.1, 0.15) is 28.4 Å². The highest BCUT2D eigenvalue weighted by Crippen LogP contribution is 2.18. The van der Waals surface area contributed by atoms with Crippen LogP contribution in [-0.2, 0) is 5.88 Å². The fraction of sp³-hybridized carbons (Fsp3) is 0.235. The van der Waals surface area contributed by atoms with E-state index >= 15 is 0 Å². The van der Waals surface area contributed by atoms with E-state index < -0.39 is 0 Å². The Morgan fingerprint density at radius 1 is 1.15 bits per heavy atom. The van der Waals surface area contributed by atoms with Crippen LogP contribution in [-0.4, -0.2) is 12.5 Å². The highest BCUT2D eigenvalue weighted by molar-refractivity contribution is 6.17. The molecular weight excluding hydrogens is 270 g/mol. The van der Waals surface area contributed by atoms with Crippen molar-refractivity contribution in [3.8, 4) is 0 Å². The van der Waals surface area contributed by atoms with Gasteiger partial charge in [0.05, 0.1) is 0 Å². The maximum absolute atomic E-state index is 12.6. The van der Waals surface area contributed by atoms with E-state index in [4.69, 9.17) is 11.6 Å². The third kappa shape index (κ3) is 3.20. The second-order valence-electron chi connectivity index (χ2n) is 4.72. The van der Waals surface area contributed by atoms with E-state index in [1.54, 1.807) is 4.90 Å². The van der Waals surface area contributed by atoms with Crippen LogP contribution in [0.3, 0.4) is 0 Å². The number of hydrogen-bond donors (Lipinski definition) is 0. The normalized spacial score (nSPS) is 10.3. The van der Waals surface area contributed by atoms with E-state index in [0.29, 0.717) is 18.0 Å². The zero-order valence-corrected chi connectivity index (χ0v) is 12.5. The Labute approximate surface area is 125 Å². The van der Waals surface area contributed by atoms with Crippen molar-refractivity contribution >= 4 is 23.2 Å². The van der Waals surface area contributed by atoms with Crippen LogP contribution in [0.2, 0.25) is 0 Å². The van der Waals surface area contributed by atoms with Gasteiger partial charge < -0.3 is 4.90 Å². The summed E-state index contributed by atoms with van der Waals surface area (Å²) in [5.41, 5.74) is 3.73. The van der Waals surface area contributed by atoms with Gasteiger partial charge in [0.15, 0.2) is 0 Å². The first-order valence-corrected chi connectivity index (χ1v) is 7.22. The summed E-state index contributed by atoms with van der Waals surface area (Å²) in [4.78, 5) is 14.4. The third-order valence-corrected chi connectivity index (χ3v) is 3.54. The van der Waals surface area contributed by atoms with Crippen LogP contribution in [0.15, 0.2) is 48.5 Å². The number of amides is 1. The molecule has 2 aromatic rings. The molecule has 0 heterocycles. The molecule has 0 saturated heterocycles. The fourth-order valence-corrected chi connectivity index (χ4v) is 2.28. The van der Waals surface area contributed by atoms with Gasteiger partial charge in [-0.2, -0.15) is 0 Å². The van der Waals surface area contributed by atoms with E-state index in [9.17, 15) is 4.79 Å². The van der Waals surface area contributed by atoms with Crippen LogP contribution in [0.25, 0.3) is 0 Å². The minimum absolute atomic E-state index is 0.00307. The van der Waals surface area contributed by atoms with Gasteiger partial charge in [0, 0.05) is 23.7 Å². The Balaban J connectivity index is 2.31. The standard InChI is InChI=1S/C17H18ClNO/c1-3-19(16-9-7-13(2)8-10-16)17(20)15-6-4-5-14(11-15)12-18/h4-11H,3,12H2,1-2H3. The summed E-state index contributed by atoms with van der Waals surface area (Å²) in [5, 5.41) is 0. The third-order valence-electron chi connectivity index (χ3n) is 3.24. The molecule has 0 unspecified atom stereocenters. The van der Waals surface area contributed by atoms with Gasteiger partial charge in [0.1, 0.15) is 0 Å². The minimum Gasteiger partial charge on any atom is -0.309 e. The first kappa shape index (κ1) is 14.6. The molecule has 0 atom stereocenters. The Hall–Kier alpha value is -1.80. The molecule has 2 nitrogen and oxygen atoms in total. The van der Waals surface area contributed by atoms with Crippen molar-refractivity contribution in [3.05, 3.63) is 65.2 Å². The zero-order chi connectivity index (χ0) is 14.5.